The Morgan fingerprint density at radius 1 is 1.38 bits per heavy atom. The lowest BCUT2D eigenvalue weighted by atomic mass is 10.2. The Morgan fingerprint density at radius 2 is 2.12 bits per heavy atom. The van der Waals surface area contributed by atoms with Gasteiger partial charge in [0.1, 0.15) is 11.6 Å². The zero-order valence-corrected chi connectivity index (χ0v) is 11.6. The maximum absolute atomic E-state index is 13.2. The van der Waals surface area contributed by atoms with Crippen molar-refractivity contribution >= 4 is 44.8 Å². The summed E-state index contributed by atoms with van der Waals surface area (Å²) in [6.45, 7) is 0. The molecule has 1 aromatic carbocycles. The molecule has 0 unspecified atom stereocenters. The molecule has 0 aliphatic heterocycles. The summed E-state index contributed by atoms with van der Waals surface area (Å²) in [6.07, 6.45) is 0.616. The minimum Gasteiger partial charge on any atom is -0.453 e. The van der Waals surface area contributed by atoms with Gasteiger partial charge in [-0.2, -0.15) is 0 Å². The van der Waals surface area contributed by atoms with E-state index >= 15 is 0 Å². The van der Waals surface area contributed by atoms with Gasteiger partial charge in [0.2, 0.25) is 0 Å². The predicted octanol–water partition coefficient (Wildman–Crippen LogP) is 4.27. The predicted molar refractivity (Wildman–Crippen MR) is 69.9 cm³/mol. The SMILES string of the molecule is O=Cc1ccc(-c2cc(F)cc(Br)c2I)o1. The first-order valence-electron chi connectivity index (χ1n) is 4.31. The third kappa shape index (κ3) is 2.20. The Balaban J connectivity index is 2.58. The van der Waals surface area contributed by atoms with Crippen LogP contribution in [0.4, 0.5) is 4.39 Å². The normalized spacial score (nSPS) is 10.4. The maximum atomic E-state index is 13.2. The second-order valence-electron chi connectivity index (χ2n) is 3.07. The molecular weight excluding hydrogens is 390 g/mol. The molecule has 0 bridgehead atoms. The molecule has 0 aliphatic carbocycles. The standard InChI is InChI=1S/C11H5BrFIO2/c12-9-4-6(13)3-8(11(9)14)10-2-1-7(5-15)16-10/h1-5H. The molecule has 0 fully saturated rings. The summed E-state index contributed by atoms with van der Waals surface area (Å²) in [6, 6.07) is 5.96. The van der Waals surface area contributed by atoms with Crippen LogP contribution in [0.5, 0.6) is 0 Å². The third-order valence-electron chi connectivity index (χ3n) is 2.00. The van der Waals surface area contributed by atoms with Gasteiger partial charge in [-0.15, -0.1) is 0 Å². The number of benzene rings is 1. The van der Waals surface area contributed by atoms with Crippen molar-refractivity contribution in [1.29, 1.82) is 0 Å². The van der Waals surface area contributed by atoms with E-state index in [0.29, 0.717) is 22.1 Å². The molecule has 82 valence electrons. The first-order valence-corrected chi connectivity index (χ1v) is 6.19. The molecule has 1 heterocycles. The van der Waals surface area contributed by atoms with Crippen LogP contribution in [0.15, 0.2) is 33.2 Å². The van der Waals surface area contributed by atoms with Crippen molar-refractivity contribution in [3.63, 3.8) is 0 Å². The highest BCUT2D eigenvalue weighted by Gasteiger charge is 2.12. The van der Waals surface area contributed by atoms with Crippen LogP contribution >= 0.6 is 38.5 Å². The van der Waals surface area contributed by atoms with E-state index in [4.69, 9.17) is 4.42 Å². The van der Waals surface area contributed by atoms with E-state index in [-0.39, 0.29) is 11.6 Å². The lowest BCUT2D eigenvalue weighted by Crippen LogP contribution is -1.86. The monoisotopic (exact) mass is 394 g/mol. The lowest BCUT2D eigenvalue weighted by Gasteiger charge is -2.03. The Bertz CT molecular complexity index is 551. The zero-order chi connectivity index (χ0) is 11.7. The fourth-order valence-electron chi connectivity index (χ4n) is 1.30. The molecule has 2 aromatic rings. The van der Waals surface area contributed by atoms with E-state index in [9.17, 15) is 9.18 Å². The van der Waals surface area contributed by atoms with E-state index < -0.39 is 0 Å². The summed E-state index contributed by atoms with van der Waals surface area (Å²) < 4.78 is 20.0. The zero-order valence-electron chi connectivity index (χ0n) is 7.84. The van der Waals surface area contributed by atoms with Crippen LogP contribution in [0, 0.1) is 9.39 Å². The quantitative estimate of drug-likeness (QED) is 0.432. The second-order valence-corrected chi connectivity index (χ2v) is 5.00. The van der Waals surface area contributed by atoms with Gasteiger partial charge in [-0.3, -0.25) is 4.79 Å². The number of hydrogen-bond acceptors (Lipinski definition) is 2. The van der Waals surface area contributed by atoms with Crippen LogP contribution in [-0.4, -0.2) is 6.29 Å². The Hall–Kier alpha value is -0.690. The molecule has 0 aliphatic rings. The summed E-state index contributed by atoms with van der Waals surface area (Å²) in [5.41, 5.74) is 0.626. The Kier molecular flexibility index (Phi) is 3.44. The number of carbonyl (C=O) groups is 1. The number of hydrogen-bond donors (Lipinski definition) is 0. The van der Waals surface area contributed by atoms with E-state index in [2.05, 4.69) is 38.5 Å². The van der Waals surface area contributed by atoms with Crippen molar-refractivity contribution in [1.82, 2.24) is 0 Å². The van der Waals surface area contributed by atoms with Crippen molar-refractivity contribution in [2.24, 2.45) is 0 Å². The fraction of sp³-hybridized carbons (Fsp3) is 0. The number of aldehydes is 1. The molecule has 1 aromatic heterocycles. The highest BCUT2D eigenvalue weighted by Crippen LogP contribution is 2.32. The fourth-order valence-corrected chi connectivity index (χ4v) is 2.31. The Morgan fingerprint density at radius 3 is 2.75 bits per heavy atom. The molecule has 16 heavy (non-hydrogen) atoms. The van der Waals surface area contributed by atoms with Gasteiger partial charge in [0.25, 0.3) is 0 Å². The van der Waals surface area contributed by atoms with Crippen LogP contribution < -0.4 is 0 Å². The van der Waals surface area contributed by atoms with Crippen molar-refractivity contribution in [2.45, 2.75) is 0 Å². The number of furan rings is 1. The molecule has 2 nitrogen and oxygen atoms in total. The largest absolute Gasteiger partial charge is 0.453 e. The first-order chi connectivity index (χ1) is 7.61. The highest BCUT2D eigenvalue weighted by molar-refractivity contribution is 14.1. The lowest BCUT2D eigenvalue weighted by molar-refractivity contribution is 0.110. The van der Waals surface area contributed by atoms with Gasteiger partial charge >= 0.3 is 0 Å². The van der Waals surface area contributed by atoms with Crippen molar-refractivity contribution < 1.29 is 13.6 Å². The summed E-state index contributed by atoms with van der Waals surface area (Å²) in [5.74, 6) is 0.351. The van der Waals surface area contributed by atoms with Gasteiger partial charge < -0.3 is 4.42 Å². The van der Waals surface area contributed by atoms with E-state index in [1.807, 2.05) is 0 Å². The summed E-state index contributed by atoms with van der Waals surface area (Å²) >= 11 is 5.34. The topological polar surface area (TPSA) is 30.2 Å². The van der Waals surface area contributed by atoms with Crippen LogP contribution in [-0.2, 0) is 0 Å². The summed E-state index contributed by atoms with van der Waals surface area (Å²) in [4.78, 5) is 10.5. The molecule has 0 spiro atoms. The minimum atomic E-state index is -0.355. The number of carbonyl (C=O) groups excluding carboxylic acids is 1. The van der Waals surface area contributed by atoms with Crippen LogP contribution in [0.2, 0.25) is 0 Å². The van der Waals surface area contributed by atoms with Crippen molar-refractivity contribution in [3.05, 3.63) is 43.9 Å². The molecule has 0 saturated heterocycles. The van der Waals surface area contributed by atoms with E-state index in [1.54, 1.807) is 12.1 Å². The van der Waals surface area contributed by atoms with Crippen LogP contribution in [0.25, 0.3) is 11.3 Å². The average Bonchev–Trinajstić information content (AvgIpc) is 2.71. The molecule has 0 saturated carbocycles. The van der Waals surface area contributed by atoms with Gasteiger partial charge in [-0.05, 0) is 62.8 Å². The second kappa shape index (κ2) is 4.67. The first kappa shape index (κ1) is 11.8. The molecule has 0 radical (unpaired) electrons. The smallest absolute Gasteiger partial charge is 0.185 e. The van der Waals surface area contributed by atoms with Crippen molar-refractivity contribution in [3.8, 4) is 11.3 Å². The van der Waals surface area contributed by atoms with Crippen LogP contribution in [0.1, 0.15) is 10.6 Å². The number of rotatable bonds is 2. The molecule has 0 N–H and O–H groups in total. The molecule has 2 rings (SSSR count). The number of halogens is 3. The molecular formula is C11H5BrFIO2. The summed E-state index contributed by atoms with van der Waals surface area (Å²) in [7, 11) is 0. The van der Waals surface area contributed by atoms with Crippen molar-refractivity contribution in [2.75, 3.05) is 0 Å². The van der Waals surface area contributed by atoms with Gasteiger partial charge in [0.15, 0.2) is 12.0 Å². The van der Waals surface area contributed by atoms with Gasteiger partial charge in [0, 0.05) is 13.6 Å². The maximum Gasteiger partial charge on any atom is 0.185 e. The van der Waals surface area contributed by atoms with E-state index in [0.717, 1.165) is 3.57 Å². The van der Waals surface area contributed by atoms with E-state index in [1.165, 1.54) is 12.1 Å². The molecule has 0 amide bonds. The highest BCUT2D eigenvalue weighted by atomic mass is 127. The van der Waals surface area contributed by atoms with Gasteiger partial charge in [-0.1, -0.05) is 0 Å². The Labute approximate surface area is 113 Å². The summed E-state index contributed by atoms with van der Waals surface area (Å²) in [5, 5.41) is 0. The molecule has 5 heteroatoms. The minimum absolute atomic E-state index is 0.228. The average molecular weight is 395 g/mol. The van der Waals surface area contributed by atoms with Gasteiger partial charge in [0.05, 0.1) is 0 Å². The third-order valence-corrected chi connectivity index (χ3v) is 4.53. The molecule has 0 atom stereocenters. The van der Waals surface area contributed by atoms with Gasteiger partial charge in [-0.25, -0.2) is 4.39 Å². The van der Waals surface area contributed by atoms with Crippen LogP contribution in [0.3, 0.4) is 0 Å².